The minimum atomic E-state index is -0.474. The highest BCUT2D eigenvalue weighted by Gasteiger charge is 2.29. The van der Waals surface area contributed by atoms with Crippen molar-refractivity contribution in [3.8, 4) is 11.5 Å². The average Bonchev–Trinajstić information content (AvgIpc) is 2.29. The Morgan fingerprint density at radius 2 is 1.88 bits per heavy atom. The second kappa shape index (κ2) is 3.94. The Morgan fingerprint density at radius 3 is 2.50 bits per heavy atom. The van der Waals surface area contributed by atoms with E-state index in [4.69, 9.17) is 9.47 Å². The van der Waals surface area contributed by atoms with Gasteiger partial charge in [0.25, 0.3) is 0 Å². The predicted molar refractivity (Wildman–Crippen MR) is 57.5 cm³/mol. The summed E-state index contributed by atoms with van der Waals surface area (Å²) in [7, 11) is 0. The molecule has 16 heavy (non-hydrogen) atoms. The summed E-state index contributed by atoms with van der Waals surface area (Å²) in [6.07, 6.45) is 0. The number of benzene rings is 1. The van der Waals surface area contributed by atoms with Gasteiger partial charge in [-0.1, -0.05) is 19.9 Å². The standard InChI is InChI=1S/C12H15FO3/c1-12(2,7-14)8-3-4-9(13)11-10(8)15-5-6-16-11/h3-4,14H,5-7H2,1-2H3. The van der Waals surface area contributed by atoms with E-state index in [9.17, 15) is 9.50 Å². The summed E-state index contributed by atoms with van der Waals surface area (Å²) in [5.41, 5.74) is 0.296. The Kier molecular flexibility index (Phi) is 2.76. The van der Waals surface area contributed by atoms with Gasteiger partial charge in [0.15, 0.2) is 17.3 Å². The Balaban J connectivity index is 2.55. The molecule has 0 fully saturated rings. The fourth-order valence-corrected chi connectivity index (χ4v) is 1.72. The molecule has 0 spiro atoms. The molecule has 1 aromatic carbocycles. The van der Waals surface area contributed by atoms with E-state index >= 15 is 0 Å². The van der Waals surface area contributed by atoms with E-state index in [1.165, 1.54) is 6.07 Å². The van der Waals surface area contributed by atoms with Crippen LogP contribution in [0, 0.1) is 5.82 Å². The molecule has 1 heterocycles. The first kappa shape index (κ1) is 11.2. The van der Waals surface area contributed by atoms with Crippen molar-refractivity contribution in [3.63, 3.8) is 0 Å². The fraction of sp³-hybridized carbons (Fsp3) is 0.500. The van der Waals surface area contributed by atoms with E-state index in [-0.39, 0.29) is 12.4 Å². The van der Waals surface area contributed by atoms with E-state index in [2.05, 4.69) is 0 Å². The Morgan fingerprint density at radius 1 is 1.25 bits per heavy atom. The van der Waals surface area contributed by atoms with Gasteiger partial charge in [-0.3, -0.25) is 0 Å². The largest absolute Gasteiger partial charge is 0.486 e. The highest BCUT2D eigenvalue weighted by Crippen LogP contribution is 2.41. The molecule has 4 heteroatoms. The predicted octanol–water partition coefficient (Wildman–Crippen LogP) is 1.87. The molecule has 0 bridgehead atoms. The SMILES string of the molecule is CC(C)(CO)c1ccc(F)c2c1OCCO2. The van der Waals surface area contributed by atoms with Crippen molar-refractivity contribution in [1.29, 1.82) is 0 Å². The maximum Gasteiger partial charge on any atom is 0.197 e. The van der Waals surface area contributed by atoms with Crippen molar-refractivity contribution in [3.05, 3.63) is 23.5 Å². The molecule has 0 saturated heterocycles. The summed E-state index contributed by atoms with van der Waals surface area (Å²) in [4.78, 5) is 0. The van der Waals surface area contributed by atoms with Gasteiger partial charge in [0.05, 0.1) is 6.61 Å². The number of aliphatic hydroxyl groups excluding tert-OH is 1. The van der Waals surface area contributed by atoms with Crippen LogP contribution in [0.5, 0.6) is 11.5 Å². The van der Waals surface area contributed by atoms with Crippen LogP contribution in [0.1, 0.15) is 19.4 Å². The molecule has 1 aliphatic rings. The maximum absolute atomic E-state index is 13.5. The van der Waals surface area contributed by atoms with Crippen molar-refractivity contribution in [2.45, 2.75) is 19.3 Å². The summed E-state index contributed by atoms with van der Waals surface area (Å²) < 4.78 is 24.2. The van der Waals surface area contributed by atoms with E-state index in [0.29, 0.717) is 19.0 Å². The van der Waals surface area contributed by atoms with E-state index in [1.807, 2.05) is 13.8 Å². The monoisotopic (exact) mass is 226 g/mol. The molecule has 1 N–H and O–H groups in total. The molecular weight excluding hydrogens is 211 g/mol. The maximum atomic E-state index is 13.5. The van der Waals surface area contributed by atoms with Crippen molar-refractivity contribution in [2.24, 2.45) is 0 Å². The number of rotatable bonds is 2. The zero-order valence-corrected chi connectivity index (χ0v) is 9.42. The molecule has 0 saturated carbocycles. The molecule has 0 aromatic heterocycles. The molecule has 2 rings (SSSR count). The topological polar surface area (TPSA) is 38.7 Å². The van der Waals surface area contributed by atoms with E-state index in [0.717, 1.165) is 5.56 Å². The quantitative estimate of drug-likeness (QED) is 0.836. The minimum absolute atomic E-state index is 0.0333. The van der Waals surface area contributed by atoms with Gasteiger partial charge < -0.3 is 14.6 Å². The lowest BCUT2D eigenvalue weighted by Gasteiger charge is -2.28. The molecule has 1 aliphatic heterocycles. The van der Waals surface area contributed by atoms with Crippen LogP contribution in [0.15, 0.2) is 12.1 Å². The number of aliphatic hydroxyl groups is 1. The third kappa shape index (κ3) is 1.73. The van der Waals surface area contributed by atoms with Gasteiger partial charge >= 0.3 is 0 Å². The van der Waals surface area contributed by atoms with Gasteiger partial charge in [0, 0.05) is 11.0 Å². The summed E-state index contributed by atoms with van der Waals surface area (Å²) >= 11 is 0. The van der Waals surface area contributed by atoms with Crippen LogP contribution in [0.4, 0.5) is 4.39 Å². The zero-order chi connectivity index (χ0) is 11.8. The van der Waals surface area contributed by atoms with Crippen LogP contribution in [-0.4, -0.2) is 24.9 Å². The molecule has 0 amide bonds. The van der Waals surface area contributed by atoms with Crippen molar-refractivity contribution in [2.75, 3.05) is 19.8 Å². The molecule has 1 aromatic rings. The van der Waals surface area contributed by atoms with Crippen LogP contribution in [-0.2, 0) is 5.41 Å². The highest BCUT2D eigenvalue weighted by atomic mass is 19.1. The van der Waals surface area contributed by atoms with Gasteiger partial charge in [0.2, 0.25) is 0 Å². The normalized spacial score (nSPS) is 15.0. The minimum Gasteiger partial charge on any atom is -0.486 e. The van der Waals surface area contributed by atoms with Crippen molar-refractivity contribution >= 4 is 0 Å². The molecular formula is C12H15FO3. The summed E-state index contributed by atoms with van der Waals surface area (Å²) in [6.45, 7) is 4.48. The highest BCUT2D eigenvalue weighted by molar-refractivity contribution is 5.51. The second-order valence-corrected chi connectivity index (χ2v) is 4.49. The number of halogens is 1. The van der Waals surface area contributed by atoms with E-state index in [1.54, 1.807) is 6.07 Å². The zero-order valence-electron chi connectivity index (χ0n) is 9.42. The van der Waals surface area contributed by atoms with Crippen molar-refractivity contribution < 1.29 is 19.0 Å². The first-order valence-electron chi connectivity index (χ1n) is 5.26. The van der Waals surface area contributed by atoms with Gasteiger partial charge in [0.1, 0.15) is 13.2 Å². The number of fused-ring (bicyclic) bond motifs is 1. The summed E-state index contributed by atoms with van der Waals surface area (Å²) in [6, 6.07) is 2.99. The molecule has 88 valence electrons. The summed E-state index contributed by atoms with van der Waals surface area (Å²) in [5.74, 6) is 0.155. The number of hydrogen-bond acceptors (Lipinski definition) is 3. The lowest BCUT2D eigenvalue weighted by molar-refractivity contribution is 0.155. The van der Waals surface area contributed by atoms with Crippen LogP contribution >= 0.6 is 0 Å². The van der Waals surface area contributed by atoms with Crippen LogP contribution in [0.2, 0.25) is 0 Å². The van der Waals surface area contributed by atoms with E-state index < -0.39 is 11.2 Å². The lowest BCUT2D eigenvalue weighted by atomic mass is 9.84. The third-order valence-corrected chi connectivity index (χ3v) is 2.76. The molecule has 0 unspecified atom stereocenters. The number of hydrogen-bond donors (Lipinski definition) is 1. The summed E-state index contributed by atoms with van der Waals surface area (Å²) in [5, 5.41) is 9.33. The Hall–Kier alpha value is -1.29. The first-order valence-corrected chi connectivity index (χ1v) is 5.26. The molecule has 3 nitrogen and oxygen atoms in total. The second-order valence-electron chi connectivity index (χ2n) is 4.49. The molecule has 0 radical (unpaired) electrons. The third-order valence-electron chi connectivity index (χ3n) is 2.76. The van der Waals surface area contributed by atoms with Crippen LogP contribution < -0.4 is 9.47 Å². The van der Waals surface area contributed by atoms with Gasteiger partial charge in [-0.15, -0.1) is 0 Å². The molecule has 0 aliphatic carbocycles. The number of ether oxygens (including phenoxy) is 2. The smallest absolute Gasteiger partial charge is 0.197 e. The first-order chi connectivity index (χ1) is 7.56. The van der Waals surface area contributed by atoms with Gasteiger partial charge in [-0.25, -0.2) is 4.39 Å². The van der Waals surface area contributed by atoms with Crippen LogP contribution in [0.25, 0.3) is 0 Å². The Labute approximate surface area is 93.8 Å². The average molecular weight is 226 g/mol. The fourth-order valence-electron chi connectivity index (χ4n) is 1.72. The Bertz CT molecular complexity index is 401. The van der Waals surface area contributed by atoms with Crippen molar-refractivity contribution in [1.82, 2.24) is 0 Å². The van der Waals surface area contributed by atoms with Crippen LogP contribution in [0.3, 0.4) is 0 Å². The van der Waals surface area contributed by atoms with Gasteiger partial charge in [-0.2, -0.15) is 0 Å². The lowest BCUT2D eigenvalue weighted by Crippen LogP contribution is -2.26. The van der Waals surface area contributed by atoms with Gasteiger partial charge in [-0.05, 0) is 6.07 Å². The molecule has 0 atom stereocenters.